The summed E-state index contributed by atoms with van der Waals surface area (Å²) in [7, 11) is -0.0371. The molecule has 0 heterocycles. The van der Waals surface area contributed by atoms with E-state index in [4.69, 9.17) is 13.7 Å². The van der Waals surface area contributed by atoms with Crippen molar-refractivity contribution in [3.05, 3.63) is 47.5 Å². The number of rotatable bonds is 6. The highest BCUT2D eigenvalue weighted by atomic mass is 32.2. The number of carbonyl (C=O) groups is 1. The molecule has 0 saturated carbocycles. The molecule has 0 amide bonds. The van der Waals surface area contributed by atoms with Gasteiger partial charge in [-0.05, 0) is 36.8 Å². The SMILES string of the molecule is COC(=O)c1cccc(OS(=O)(=O)c2cc(OC)c(OC)cc2C)c1. The lowest BCUT2D eigenvalue weighted by atomic mass is 10.2. The van der Waals surface area contributed by atoms with E-state index in [0.29, 0.717) is 11.3 Å². The van der Waals surface area contributed by atoms with E-state index in [1.165, 1.54) is 51.7 Å². The van der Waals surface area contributed by atoms with Gasteiger partial charge >= 0.3 is 16.1 Å². The molecular weight excluding hydrogens is 348 g/mol. The van der Waals surface area contributed by atoms with Gasteiger partial charge in [0.15, 0.2) is 11.5 Å². The Morgan fingerprint density at radius 3 is 2.20 bits per heavy atom. The summed E-state index contributed by atoms with van der Waals surface area (Å²) in [6, 6.07) is 8.58. The fourth-order valence-corrected chi connectivity index (χ4v) is 3.35. The molecule has 0 aliphatic heterocycles. The average molecular weight is 366 g/mol. The van der Waals surface area contributed by atoms with Gasteiger partial charge < -0.3 is 18.4 Å². The first-order valence-corrected chi connectivity index (χ1v) is 8.58. The second-order valence-corrected chi connectivity index (χ2v) is 6.54. The Balaban J connectivity index is 2.42. The Hall–Kier alpha value is -2.74. The third kappa shape index (κ3) is 4.03. The van der Waals surface area contributed by atoms with E-state index < -0.39 is 16.1 Å². The number of hydrogen-bond donors (Lipinski definition) is 0. The van der Waals surface area contributed by atoms with Crippen LogP contribution in [0.3, 0.4) is 0 Å². The van der Waals surface area contributed by atoms with Crippen LogP contribution < -0.4 is 13.7 Å². The quantitative estimate of drug-likeness (QED) is 0.573. The third-order valence-electron chi connectivity index (χ3n) is 3.41. The van der Waals surface area contributed by atoms with Crippen molar-refractivity contribution in [2.45, 2.75) is 11.8 Å². The van der Waals surface area contributed by atoms with E-state index >= 15 is 0 Å². The molecule has 7 nitrogen and oxygen atoms in total. The van der Waals surface area contributed by atoms with E-state index in [9.17, 15) is 13.2 Å². The zero-order valence-electron chi connectivity index (χ0n) is 14.2. The van der Waals surface area contributed by atoms with Crippen molar-refractivity contribution in [3.63, 3.8) is 0 Å². The molecule has 25 heavy (non-hydrogen) atoms. The Labute approximate surface area is 146 Å². The zero-order valence-corrected chi connectivity index (χ0v) is 15.0. The van der Waals surface area contributed by atoms with Gasteiger partial charge in [-0.25, -0.2) is 4.79 Å². The largest absolute Gasteiger partial charge is 0.493 e. The number of methoxy groups -OCH3 is 3. The summed E-state index contributed by atoms with van der Waals surface area (Å²) in [6.45, 7) is 1.61. The molecule has 0 aliphatic rings. The van der Waals surface area contributed by atoms with Gasteiger partial charge in [0.2, 0.25) is 0 Å². The second-order valence-electron chi connectivity index (χ2n) is 5.03. The lowest BCUT2D eigenvalue weighted by Gasteiger charge is -2.13. The van der Waals surface area contributed by atoms with E-state index in [1.807, 2.05) is 0 Å². The summed E-state index contributed by atoms with van der Waals surface area (Å²) in [5.41, 5.74) is 0.612. The van der Waals surface area contributed by atoms with Crippen molar-refractivity contribution in [1.82, 2.24) is 0 Å². The normalized spacial score (nSPS) is 10.9. The highest BCUT2D eigenvalue weighted by Gasteiger charge is 2.23. The minimum Gasteiger partial charge on any atom is -0.493 e. The van der Waals surface area contributed by atoms with E-state index in [0.717, 1.165) is 0 Å². The Bertz CT molecular complexity index is 888. The maximum atomic E-state index is 12.6. The molecule has 2 rings (SSSR count). The van der Waals surface area contributed by atoms with E-state index in [1.54, 1.807) is 13.0 Å². The van der Waals surface area contributed by atoms with Crippen LogP contribution in [0.5, 0.6) is 17.2 Å². The molecule has 0 saturated heterocycles. The number of benzene rings is 2. The summed E-state index contributed by atoms with van der Waals surface area (Å²) >= 11 is 0. The van der Waals surface area contributed by atoms with Gasteiger partial charge in [0, 0.05) is 6.07 Å². The van der Waals surface area contributed by atoms with Gasteiger partial charge in [-0.1, -0.05) is 6.07 Å². The molecule has 2 aromatic carbocycles. The summed E-state index contributed by atoms with van der Waals surface area (Å²) in [5, 5.41) is 0. The molecule has 0 radical (unpaired) electrons. The van der Waals surface area contributed by atoms with Gasteiger partial charge in [0.25, 0.3) is 0 Å². The van der Waals surface area contributed by atoms with Gasteiger partial charge in [-0.3, -0.25) is 0 Å². The van der Waals surface area contributed by atoms with Crippen LogP contribution in [0.25, 0.3) is 0 Å². The highest BCUT2D eigenvalue weighted by molar-refractivity contribution is 7.87. The van der Waals surface area contributed by atoms with Gasteiger partial charge in [-0.2, -0.15) is 8.42 Å². The van der Waals surface area contributed by atoms with Crippen LogP contribution in [-0.4, -0.2) is 35.7 Å². The topological polar surface area (TPSA) is 88.1 Å². The molecule has 8 heteroatoms. The summed E-state index contributed by atoms with van der Waals surface area (Å²) in [5.74, 6) is 0.0763. The van der Waals surface area contributed by atoms with E-state index in [-0.39, 0.29) is 22.0 Å². The molecule has 0 atom stereocenters. The lowest BCUT2D eigenvalue weighted by molar-refractivity contribution is 0.0600. The number of aryl methyl sites for hydroxylation is 1. The van der Waals surface area contributed by atoms with Crippen molar-refractivity contribution in [2.24, 2.45) is 0 Å². The molecular formula is C17H18O7S. The lowest BCUT2D eigenvalue weighted by Crippen LogP contribution is -2.12. The van der Waals surface area contributed by atoms with Crippen LogP contribution in [-0.2, 0) is 14.9 Å². The average Bonchev–Trinajstić information content (AvgIpc) is 2.60. The molecule has 134 valence electrons. The molecule has 0 unspecified atom stereocenters. The minimum absolute atomic E-state index is 0.00270. The van der Waals surface area contributed by atoms with Crippen molar-refractivity contribution in [1.29, 1.82) is 0 Å². The summed E-state index contributed by atoms with van der Waals surface area (Å²) < 4.78 is 45.2. The van der Waals surface area contributed by atoms with Crippen molar-refractivity contribution >= 4 is 16.1 Å². The Kier molecular flexibility index (Phi) is 5.53. The smallest absolute Gasteiger partial charge is 0.339 e. The summed E-state index contributed by atoms with van der Waals surface area (Å²) in [6.07, 6.45) is 0. The zero-order chi connectivity index (χ0) is 18.6. The van der Waals surface area contributed by atoms with Crippen LogP contribution in [0, 0.1) is 6.92 Å². The van der Waals surface area contributed by atoms with Gasteiger partial charge in [0.05, 0.1) is 26.9 Å². The maximum absolute atomic E-state index is 12.6. The Morgan fingerprint density at radius 1 is 0.960 bits per heavy atom. The van der Waals surface area contributed by atoms with Crippen LogP contribution in [0.4, 0.5) is 0 Å². The first-order valence-electron chi connectivity index (χ1n) is 7.18. The van der Waals surface area contributed by atoms with Gasteiger partial charge in [0.1, 0.15) is 10.6 Å². The van der Waals surface area contributed by atoms with Crippen molar-refractivity contribution in [2.75, 3.05) is 21.3 Å². The number of hydrogen-bond acceptors (Lipinski definition) is 7. The van der Waals surface area contributed by atoms with Crippen LogP contribution in [0.15, 0.2) is 41.3 Å². The molecule has 2 aromatic rings. The first-order chi connectivity index (χ1) is 11.8. The van der Waals surface area contributed by atoms with E-state index in [2.05, 4.69) is 4.74 Å². The molecule has 0 spiro atoms. The molecule has 0 N–H and O–H groups in total. The highest BCUT2D eigenvalue weighted by Crippen LogP contribution is 2.33. The molecule has 0 aliphatic carbocycles. The first kappa shape index (κ1) is 18.6. The van der Waals surface area contributed by atoms with Gasteiger partial charge in [-0.15, -0.1) is 0 Å². The van der Waals surface area contributed by atoms with Crippen molar-refractivity contribution < 1.29 is 31.6 Å². The van der Waals surface area contributed by atoms with Crippen LogP contribution in [0.1, 0.15) is 15.9 Å². The molecule has 0 fully saturated rings. The predicted molar refractivity (Wildman–Crippen MR) is 89.9 cm³/mol. The Morgan fingerprint density at radius 2 is 1.60 bits per heavy atom. The second kappa shape index (κ2) is 7.43. The molecule has 0 aromatic heterocycles. The van der Waals surface area contributed by atoms with Crippen LogP contribution >= 0.6 is 0 Å². The maximum Gasteiger partial charge on any atom is 0.339 e. The third-order valence-corrected chi connectivity index (χ3v) is 4.80. The number of ether oxygens (including phenoxy) is 3. The monoisotopic (exact) mass is 366 g/mol. The standard InChI is InChI=1S/C17H18O7S/c1-11-8-14(21-2)15(22-3)10-16(11)25(19,20)24-13-7-5-6-12(9-13)17(18)23-4/h5-10H,1-4H3. The predicted octanol–water partition coefficient (Wildman–Crippen LogP) is 2.57. The fraction of sp³-hybridized carbons (Fsp3) is 0.235. The summed E-state index contributed by atoms with van der Waals surface area (Å²) in [4.78, 5) is 11.5. The van der Waals surface area contributed by atoms with Crippen molar-refractivity contribution in [3.8, 4) is 17.2 Å². The number of carbonyl (C=O) groups excluding carboxylic acids is 1. The molecule has 0 bridgehead atoms. The fourth-order valence-electron chi connectivity index (χ4n) is 2.20. The number of esters is 1. The minimum atomic E-state index is -4.14. The van der Waals surface area contributed by atoms with Crippen LogP contribution in [0.2, 0.25) is 0 Å².